The summed E-state index contributed by atoms with van der Waals surface area (Å²) >= 11 is 5.81. The fourth-order valence-electron chi connectivity index (χ4n) is 1.24. The molecule has 0 atom stereocenters. The molecule has 0 saturated heterocycles. The van der Waals surface area contributed by atoms with Crippen molar-refractivity contribution in [3.8, 4) is 11.8 Å². The van der Waals surface area contributed by atoms with Crippen LogP contribution in [-0.2, 0) is 0 Å². The summed E-state index contributed by atoms with van der Waals surface area (Å²) in [5.74, 6) is -0.382. The molecule has 0 fully saturated rings. The number of hydrogen-bond donors (Lipinski definition) is 1. The molecular weight excluding hydrogens is 245 g/mol. The molecule has 0 saturated carbocycles. The average Bonchev–Trinajstić information content (AvgIpc) is 2.27. The van der Waals surface area contributed by atoms with Crippen molar-refractivity contribution in [1.29, 1.82) is 0 Å². The van der Waals surface area contributed by atoms with Crippen LogP contribution in [0.15, 0.2) is 24.4 Å². The Balaban J connectivity index is 2.28. The molecule has 0 radical (unpaired) electrons. The quantitative estimate of drug-likeness (QED) is 0.894. The highest BCUT2D eigenvalue weighted by atomic mass is 35.5. The van der Waals surface area contributed by atoms with Crippen molar-refractivity contribution in [2.75, 3.05) is 5.73 Å². The van der Waals surface area contributed by atoms with Gasteiger partial charge in [-0.1, -0.05) is 11.6 Å². The molecule has 17 heavy (non-hydrogen) atoms. The van der Waals surface area contributed by atoms with Crippen LogP contribution < -0.4 is 10.5 Å². The minimum absolute atomic E-state index is 0.00526. The molecule has 0 bridgehead atoms. The molecular formula is C11H9ClFN3O. The van der Waals surface area contributed by atoms with Gasteiger partial charge in [-0.2, -0.15) is 4.98 Å². The Kier molecular flexibility index (Phi) is 3.10. The minimum Gasteiger partial charge on any atom is -0.424 e. The summed E-state index contributed by atoms with van der Waals surface area (Å²) in [5, 5.41) is 0.606. The SMILES string of the molecule is Cc1cc(Cl)ccc1Oc1ncc(F)c(N)n1. The van der Waals surface area contributed by atoms with Crippen molar-refractivity contribution < 1.29 is 9.13 Å². The van der Waals surface area contributed by atoms with Gasteiger partial charge in [0.1, 0.15) is 5.75 Å². The molecule has 1 aromatic heterocycles. The first-order valence-corrected chi connectivity index (χ1v) is 5.16. The number of ether oxygens (including phenoxy) is 1. The van der Waals surface area contributed by atoms with Crippen molar-refractivity contribution >= 4 is 17.4 Å². The molecule has 2 aromatic rings. The van der Waals surface area contributed by atoms with Crippen LogP contribution >= 0.6 is 11.6 Å². The maximum absolute atomic E-state index is 12.8. The lowest BCUT2D eigenvalue weighted by Crippen LogP contribution is -2.00. The molecule has 2 N–H and O–H groups in total. The third-order valence-electron chi connectivity index (χ3n) is 2.09. The van der Waals surface area contributed by atoms with E-state index in [0.717, 1.165) is 11.8 Å². The summed E-state index contributed by atoms with van der Waals surface area (Å²) < 4.78 is 18.2. The molecule has 6 heteroatoms. The van der Waals surface area contributed by atoms with E-state index in [0.29, 0.717) is 10.8 Å². The van der Waals surface area contributed by atoms with Gasteiger partial charge >= 0.3 is 6.01 Å². The van der Waals surface area contributed by atoms with Crippen LogP contribution in [0, 0.1) is 12.7 Å². The van der Waals surface area contributed by atoms with Gasteiger partial charge in [0.05, 0.1) is 6.20 Å². The Labute approximate surface area is 102 Å². The summed E-state index contributed by atoms with van der Waals surface area (Å²) in [6, 6.07) is 5.09. The van der Waals surface area contributed by atoms with Crippen molar-refractivity contribution in [3.63, 3.8) is 0 Å². The number of nitrogens with zero attached hydrogens (tertiary/aromatic N) is 2. The number of aromatic nitrogens is 2. The molecule has 0 spiro atoms. The van der Waals surface area contributed by atoms with Crippen LogP contribution in [0.5, 0.6) is 11.8 Å². The maximum Gasteiger partial charge on any atom is 0.324 e. The van der Waals surface area contributed by atoms with E-state index in [1.807, 2.05) is 6.92 Å². The third-order valence-corrected chi connectivity index (χ3v) is 2.32. The van der Waals surface area contributed by atoms with Gasteiger partial charge in [0.15, 0.2) is 11.6 Å². The molecule has 0 aliphatic rings. The van der Waals surface area contributed by atoms with Gasteiger partial charge in [0, 0.05) is 5.02 Å². The fourth-order valence-corrected chi connectivity index (χ4v) is 1.46. The van der Waals surface area contributed by atoms with Crippen LogP contribution in [0.4, 0.5) is 10.2 Å². The molecule has 4 nitrogen and oxygen atoms in total. The second kappa shape index (κ2) is 4.55. The molecule has 2 rings (SSSR count). The Morgan fingerprint density at radius 3 is 2.82 bits per heavy atom. The van der Waals surface area contributed by atoms with E-state index in [4.69, 9.17) is 22.1 Å². The zero-order valence-electron chi connectivity index (χ0n) is 8.95. The topological polar surface area (TPSA) is 61.0 Å². The Hall–Kier alpha value is -1.88. The monoisotopic (exact) mass is 253 g/mol. The van der Waals surface area contributed by atoms with Crippen LogP contribution in [0.3, 0.4) is 0 Å². The van der Waals surface area contributed by atoms with Crippen LogP contribution in [0.1, 0.15) is 5.56 Å². The zero-order chi connectivity index (χ0) is 12.4. The highest BCUT2D eigenvalue weighted by Gasteiger charge is 2.07. The molecule has 1 heterocycles. The molecule has 1 aromatic carbocycles. The van der Waals surface area contributed by atoms with Gasteiger partial charge in [-0.3, -0.25) is 0 Å². The lowest BCUT2D eigenvalue weighted by molar-refractivity contribution is 0.435. The van der Waals surface area contributed by atoms with Gasteiger partial charge in [-0.25, -0.2) is 9.37 Å². The first kappa shape index (κ1) is 11.6. The Morgan fingerprint density at radius 2 is 2.18 bits per heavy atom. The van der Waals surface area contributed by atoms with E-state index in [9.17, 15) is 4.39 Å². The molecule has 0 unspecified atom stereocenters. The molecule has 88 valence electrons. The summed E-state index contributed by atoms with van der Waals surface area (Å²) in [5.41, 5.74) is 6.13. The third kappa shape index (κ3) is 2.62. The van der Waals surface area contributed by atoms with Crippen molar-refractivity contribution in [3.05, 3.63) is 40.8 Å². The largest absolute Gasteiger partial charge is 0.424 e. The number of nitrogen functional groups attached to an aromatic ring is 1. The van der Waals surface area contributed by atoms with E-state index in [1.165, 1.54) is 0 Å². The summed E-state index contributed by atoms with van der Waals surface area (Å²) in [6.07, 6.45) is 0.961. The van der Waals surface area contributed by atoms with E-state index in [2.05, 4.69) is 9.97 Å². The smallest absolute Gasteiger partial charge is 0.324 e. The summed E-state index contributed by atoms with van der Waals surface area (Å²) in [6.45, 7) is 1.83. The Morgan fingerprint density at radius 1 is 1.41 bits per heavy atom. The first-order chi connectivity index (χ1) is 8.06. The number of benzene rings is 1. The number of anilines is 1. The van der Waals surface area contributed by atoms with Gasteiger partial charge in [-0.05, 0) is 30.7 Å². The first-order valence-electron chi connectivity index (χ1n) is 4.78. The van der Waals surface area contributed by atoms with Crippen molar-refractivity contribution in [2.24, 2.45) is 0 Å². The summed E-state index contributed by atoms with van der Waals surface area (Å²) in [7, 11) is 0. The number of aryl methyl sites for hydroxylation is 1. The van der Waals surface area contributed by atoms with Crippen LogP contribution in [0.25, 0.3) is 0 Å². The number of rotatable bonds is 2. The lowest BCUT2D eigenvalue weighted by Gasteiger charge is -2.07. The van der Waals surface area contributed by atoms with Gasteiger partial charge in [0.2, 0.25) is 0 Å². The zero-order valence-corrected chi connectivity index (χ0v) is 9.70. The minimum atomic E-state index is -0.676. The van der Waals surface area contributed by atoms with Crippen molar-refractivity contribution in [1.82, 2.24) is 9.97 Å². The van der Waals surface area contributed by atoms with E-state index in [-0.39, 0.29) is 11.8 Å². The second-order valence-electron chi connectivity index (χ2n) is 3.40. The van der Waals surface area contributed by atoms with Gasteiger partial charge < -0.3 is 10.5 Å². The molecule has 0 aliphatic heterocycles. The van der Waals surface area contributed by atoms with Crippen LogP contribution in [0.2, 0.25) is 5.02 Å². The summed E-state index contributed by atoms with van der Waals surface area (Å²) in [4.78, 5) is 7.34. The van der Waals surface area contributed by atoms with Gasteiger partial charge in [0.25, 0.3) is 0 Å². The highest BCUT2D eigenvalue weighted by Crippen LogP contribution is 2.25. The lowest BCUT2D eigenvalue weighted by atomic mass is 10.2. The van der Waals surface area contributed by atoms with Crippen molar-refractivity contribution in [2.45, 2.75) is 6.92 Å². The fraction of sp³-hybridized carbons (Fsp3) is 0.0909. The van der Waals surface area contributed by atoms with E-state index < -0.39 is 5.82 Å². The predicted octanol–water partition coefficient (Wildman–Crippen LogP) is 2.95. The second-order valence-corrected chi connectivity index (χ2v) is 3.83. The van der Waals surface area contributed by atoms with E-state index in [1.54, 1.807) is 18.2 Å². The average molecular weight is 254 g/mol. The predicted molar refractivity (Wildman–Crippen MR) is 62.7 cm³/mol. The van der Waals surface area contributed by atoms with Crippen LogP contribution in [-0.4, -0.2) is 9.97 Å². The van der Waals surface area contributed by atoms with E-state index >= 15 is 0 Å². The molecule has 0 aliphatic carbocycles. The highest BCUT2D eigenvalue weighted by molar-refractivity contribution is 6.30. The number of nitrogens with two attached hydrogens (primary N) is 1. The Bertz CT molecular complexity index is 562. The standard InChI is InChI=1S/C11H9ClFN3O/c1-6-4-7(12)2-3-9(6)17-11-15-5-8(13)10(14)16-11/h2-5H,1H3,(H2,14,15,16). The number of halogens is 2. The number of hydrogen-bond acceptors (Lipinski definition) is 4. The van der Waals surface area contributed by atoms with Gasteiger partial charge in [-0.15, -0.1) is 0 Å². The normalized spacial score (nSPS) is 10.3. The maximum atomic E-state index is 12.8. The molecule has 0 amide bonds.